The summed E-state index contributed by atoms with van der Waals surface area (Å²) in [7, 11) is 2.07. The Morgan fingerprint density at radius 3 is 3.06 bits per heavy atom. The summed E-state index contributed by atoms with van der Waals surface area (Å²) >= 11 is 1.59. The Hall–Kier alpha value is -1.20. The fourth-order valence-corrected chi connectivity index (χ4v) is 2.72. The molecule has 1 aromatic carbocycles. The topological polar surface area (TPSA) is 58.4 Å². The third kappa shape index (κ3) is 3.17. The van der Waals surface area contributed by atoms with Crippen LogP contribution in [0.1, 0.15) is 12.8 Å². The molecule has 0 aromatic heterocycles. The Labute approximate surface area is 112 Å². The van der Waals surface area contributed by atoms with E-state index in [9.17, 15) is 4.79 Å². The average molecular weight is 265 g/mol. The highest BCUT2D eigenvalue weighted by Gasteiger charge is 2.16. The maximum absolute atomic E-state index is 11.4. The van der Waals surface area contributed by atoms with Gasteiger partial charge in [-0.25, -0.2) is 0 Å². The Morgan fingerprint density at radius 2 is 2.28 bits per heavy atom. The molecule has 0 atom stereocenters. The van der Waals surface area contributed by atoms with Crippen LogP contribution in [-0.4, -0.2) is 31.8 Å². The van der Waals surface area contributed by atoms with Gasteiger partial charge in [-0.2, -0.15) is 0 Å². The first-order valence-corrected chi connectivity index (χ1v) is 7.17. The Balaban J connectivity index is 2.05. The largest absolute Gasteiger partial charge is 0.375 e. The highest BCUT2D eigenvalue weighted by Crippen LogP contribution is 2.34. The summed E-state index contributed by atoms with van der Waals surface area (Å²) in [5.41, 5.74) is 7.55. The van der Waals surface area contributed by atoms with Gasteiger partial charge in [-0.05, 0) is 37.6 Å². The number of fused-ring (bicyclic) bond motifs is 1. The van der Waals surface area contributed by atoms with E-state index >= 15 is 0 Å². The van der Waals surface area contributed by atoms with Crippen LogP contribution in [0.15, 0.2) is 23.1 Å². The highest BCUT2D eigenvalue weighted by molar-refractivity contribution is 8.00. The number of nitrogens with zero attached hydrogens (tertiary/aromatic N) is 1. The molecule has 98 valence electrons. The predicted molar refractivity (Wildman–Crippen MR) is 77.4 cm³/mol. The molecule has 18 heavy (non-hydrogen) atoms. The molecule has 5 heteroatoms. The lowest BCUT2D eigenvalue weighted by molar-refractivity contribution is -0.113. The minimum Gasteiger partial charge on any atom is -0.375 e. The van der Waals surface area contributed by atoms with Crippen LogP contribution in [0.25, 0.3) is 0 Å². The van der Waals surface area contributed by atoms with Gasteiger partial charge in [-0.15, -0.1) is 11.8 Å². The van der Waals surface area contributed by atoms with Crippen molar-refractivity contribution in [1.82, 2.24) is 0 Å². The molecule has 0 unspecified atom stereocenters. The predicted octanol–water partition coefficient (Wildman–Crippen LogP) is 1.91. The van der Waals surface area contributed by atoms with E-state index < -0.39 is 0 Å². The number of amides is 1. The number of nitrogens with one attached hydrogen (secondary N) is 1. The van der Waals surface area contributed by atoms with E-state index in [1.807, 2.05) is 6.07 Å². The van der Waals surface area contributed by atoms with Gasteiger partial charge >= 0.3 is 0 Å². The number of nitrogens with two attached hydrogens (primary N) is 1. The van der Waals surface area contributed by atoms with E-state index in [0.717, 1.165) is 42.2 Å². The number of benzene rings is 1. The molecule has 0 spiro atoms. The molecule has 0 bridgehead atoms. The van der Waals surface area contributed by atoms with Gasteiger partial charge in [0.05, 0.1) is 11.4 Å². The quantitative estimate of drug-likeness (QED) is 0.798. The molecule has 3 N–H and O–H groups in total. The van der Waals surface area contributed by atoms with Gasteiger partial charge in [0.15, 0.2) is 0 Å². The number of thioether (sulfide) groups is 1. The van der Waals surface area contributed by atoms with Crippen LogP contribution < -0.4 is 16.0 Å². The van der Waals surface area contributed by atoms with Gasteiger partial charge in [-0.3, -0.25) is 4.79 Å². The van der Waals surface area contributed by atoms with Crippen LogP contribution >= 0.6 is 11.8 Å². The molecule has 0 aliphatic carbocycles. The van der Waals surface area contributed by atoms with E-state index in [-0.39, 0.29) is 5.91 Å². The molecule has 0 saturated carbocycles. The van der Waals surface area contributed by atoms with Crippen molar-refractivity contribution in [3.63, 3.8) is 0 Å². The lowest BCUT2D eigenvalue weighted by Crippen LogP contribution is -2.21. The summed E-state index contributed by atoms with van der Waals surface area (Å²) in [6.45, 7) is 1.72. The van der Waals surface area contributed by atoms with Crippen molar-refractivity contribution in [2.24, 2.45) is 5.73 Å². The summed E-state index contributed by atoms with van der Waals surface area (Å²) in [5, 5.41) is 2.92. The number of unbranched alkanes of at least 4 members (excludes halogenated alkanes) is 1. The number of hydrogen-bond donors (Lipinski definition) is 2. The summed E-state index contributed by atoms with van der Waals surface area (Å²) in [4.78, 5) is 14.7. The number of rotatable bonds is 5. The number of hydrogen-bond acceptors (Lipinski definition) is 4. The van der Waals surface area contributed by atoms with Crippen molar-refractivity contribution in [2.75, 3.05) is 36.1 Å². The maximum Gasteiger partial charge on any atom is 0.234 e. The first-order valence-electron chi connectivity index (χ1n) is 6.18. The Bertz CT molecular complexity index is 436. The van der Waals surface area contributed by atoms with Gasteiger partial charge in [-0.1, -0.05) is 0 Å². The van der Waals surface area contributed by atoms with E-state index in [2.05, 4.69) is 29.4 Å². The van der Waals surface area contributed by atoms with Crippen molar-refractivity contribution in [1.29, 1.82) is 0 Å². The van der Waals surface area contributed by atoms with Gasteiger partial charge in [0.2, 0.25) is 5.91 Å². The maximum atomic E-state index is 11.4. The number of anilines is 2. The van der Waals surface area contributed by atoms with Crippen molar-refractivity contribution in [3.8, 4) is 0 Å². The second-order valence-electron chi connectivity index (χ2n) is 4.43. The molecule has 1 aliphatic heterocycles. The minimum absolute atomic E-state index is 0.0791. The van der Waals surface area contributed by atoms with E-state index in [0.29, 0.717) is 5.75 Å². The Kier molecular flexibility index (Phi) is 4.49. The summed E-state index contributed by atoms with van der Waals surface area (Å²) < 4.78 is 0. The standard InChI is InChI=1S/C13H19N3OS/c1-16(7-3-2-6-14)10-4-5-12-11(8-10)15-13(17)9-18-12/h4-5,8H,2-3,6-7,9,14H2,1H3,(H,15,17). The van der Waals surface area contributed by atoms with Crippen LogP contribution in [0, 0.1) is 0 Å². The molecule has 1 aromatic rings. The highest BCUT2D eigenvalue weighted by atomic mass is 32.2. The second-order valence-corrected chi connectivity index (χ2v) is 5.45. The molecular formula is C13H19N3OS. The summed E-state index contributed by atoms with van der Waals surface area (Å²) in [6.07, 6.45) is 2.13. The molecule has 0 fully saturated rings. The second kappa shape index (κ2) is 6.11. The third-order valence-corrected chi connectivity index (χ3v) is 4.06. The zero-order valence-electron chi connectivity index (χ0n) is 10.6. The lowest BCUT2D eigenvalue weighted by atomic mass is 10.2. The van der Waals surface area contributed by atoms with E-state index in [1.54, 1.807) is 11.8 Å². The molecule has 0 saturated heterocycles. The first kappa shape index (κ1) is 13.2. The zero-order valence-corrected chi connectivity index (χ0v) is 11.4. The SMILES string of the molecule is CN(CCCCN)c1ccc2c(c1)NC(=O)CS2. The van der Waals surface area contributed by atoms with Crippen LogP contribution in [0.4, 0.5) is 11.4 Å². The van der Waals surface area contributed by atoms with Gasteiger partial charge in [0.25, 0.3) is 0 Å². The smallest absolute Gasteiger partial charge is 0.234 e. The van der Waals surface area contributed by atoms with Crippen molar-refractivity contribution < 1.29 is 4.79 Å². The number of carbonyl (C=O) groups excluding carboxylic acids is 1. The monoisotopic (exact) mass is 265 g/mol. The molecular weight excluding hydrogens is 246 g/mol. The van der Waals surface area contributed by atoms with Gasteiger partial charge < -0.3 is 16.0 Å². The summed E-state index contributed by atoms with van der Waals surface area (Å²) in [6, 6.07) is 6.22. The van der Waals surface area contributed by atoms with Crippen LogP contribution in [-0.2, 0) is 4.79 Å². The van der Waals surface area contributed by atoms with Gasteiger partial charge in [0, 0.05) is 24.2 Å². The number of carbonyl (C=O) groups is 1. The fourth-order valence-electron chi connectivity index (χ4n) is 1.93. The van der Waals surface area contributed by atoms with Crippen LogP contribution in [0.2, 0.25) is 0 Å². The normalized spacial score (nSPS) is 14.0. The molecule has 4 nitrogen and oxygen atoms in total. The van der Waals surface area contributed by atoms with Crippen LogP contribution in [0.3, 0.4) is 0 Å². The third-order valence-electron chi connectivity index (χ3n) is 2.98. The van der Waals surface area contributed by atoms with E-state index in [1.165, 1.54) is 0 Å². The fraction of sp³-hybridized carbons (Fsp3) is 0.462. The van der Waals surface area contributed by atoms with Gasteiger partial charge in [0.1, 0.15) is 0 Å². The van der Waals surface area contributed by atoms with Crippen molar-refractivity contribution >= 4 is 29.0 Å². The minimum atomic E-state index is 0.0791. The first-order chi connectivity index (χ1) is 8.70. The average Bonchev–Trinajstić information content (AvgIpc) is 2.38. The van der Waals surface area contributed by atoms with Crippen molar-refractivity contribution in [3.05, 3.63) is 18.2 Å². The molecule has 1 heterocycles. The van der Waals surface area contributed by atoms with E-state index in [4.69, 9.17) is 5.73 Å². The molecule has 1 aliphatic rings. The van der Waals surface area contributed by atoms with Crippen LogP contribution in [0.5, 0.6) is 0 Å². The molecule has 1 amide bonds. The zero-order chi connectivity index (χ0) is 13.0. The summed E-state index contributed by atoms with van der Waals surface area (Å²) in [5.74, 6) is 0.592. The molecule has 2 rings (SSSR count). The molecule has 0 radical (unpaired) electrons. The van der Waals surface area contributed by atoms with Crippen molar-refractivity contribution in [2.45, 2.75) is 17.7 Å². The Morgan fingerprint density at radius 1 is 1.44 bits per heavy atom. The lowest BCUT2D eigenvalue weighted by Gasteiger charge is -2.23.